The van der Waals surface area contributed by atoms with E-state index in [1.165, 1.54) is 0 Å². The second-order valence-corrected chi connectivity index (χ2v) is 5.54. The molecule has 2 amide bonds. The fourth-order valence-corrected chi connectivity index (χ4v) is 2.81. The van der Waals surface area contributed by atoms with Crippen molar-refractivity contribution < 1.29 is 14.7 Å². The number of carbonyl (C=O) groups excluding carboxylic acids is 1. The van der Waals surface area contributed by atoms with Crippen LogP contribution in [-0.4, -0.2) is 53.1 Å². The summed E-state index contributed by atoms with van der Waals surface area (Å²) in [7, 11) is 0. The van der Waals surface area contributed by atoms with Crippen molar-refractivity contribution in [1.29, 1.82) is 0 Å². The van der Waals surface area contributed by atoms with Crippen molar-refractivity contribution in [2.24, 2.45) is 5.92 Å². The molecule has 0 aromatic carbocycles. The summed E-state index contributed by atoms with van der Waals surface area (Å²) in [5, 5.41) is 12.0. The van der Waals surface area contributed by atoms with Crippen LogP contribution in [-0.2, 0) is 4.79 Å². The number of aliphatic carboxylic acids is 1. The summed E-state index contributed by atoms with van der Waals surface area (Å²) in [5.41, 5.74) is 0. The van der Waals surface area contributed by atoms with E-state index in [1.54, 1.807) is 16.7 Å². The number of nitrogens with one attached hydrogen (secondary N) is 1. The number of amides is 2. The molecule has 2 atom stereocenters. The molecule has 1 aliphatic rings. The number of likely N-dealkylation sites (tertiary alicyclic amines) is 1. The summed E-state index contributed by atoms with van der Waals surface area (Å²) in [6, 6.07) is 0.0413. The van der Waals surface area contributed by atoms with Crippen molar-refractivity contribution in [3.8, 4) is 0 Å². The van der Waals surface area contributed by atoms with Gasteiger partial charge in [-0.2, -0.15) is 11.8 Å². The number of rotatable bonds is 5. The van der Waals surface area contributed by atoms with Crippen LogP contribution in [0.3, 0.4) is 0 Å². The Morgan fingerprint density at radius 3 is 2.83 bits per heavy atom. The molecule has 104 valence electrons. The van der Waals surface area contributed by atoms with Crippen LogP contribution in [0.1, 0.15) is 26.2 Å². The Balaban J connectivity index is 2.47. The molecule has 0 radical (unpaired) electrons. The fraction of sp³-hybridized carbons (Fsp3) is 0.833. The van der Waals surface area contributed by atoms with Crippen molar-refractivity contribution in [1.82, 2.24) is 10.2 Å². The molecule has 1 fully saturated rings. The first-order valence-corrected chi connectivity index (χ1v) is 7.75. The minimum Gasteiger partial charge on any atom is -0.481 e. The van der Waals surface area contributed by atoms with Crippen LogP contribution in [0.5, 0.6) is 0 Å². The largest absolute Gasteiger partial charge is 0.481 e. The molecule has 0 saturated carbocycles. The van der Waals surface area contributed by atoms with Gasteiger partial charge in [0.1, 0.15) is 0 Å². The van der Waals surface area contributed by atoms with E-state index in [2.05, 4.69) is 5.32 Å². The number of thioether (sulfide) groups is 1. The molecular formula is C12H22N2O3S. The van der Waals surface area contributed by atoms with E-state index in [0.717, 1.165) is 18.6 Å². The number of carboxylic acids is 1. The molecule has 0 aromatic heterocycles. The Kier molecular flexibility index (Phi) is 6.32. The van der Waals surface area contributed by atoms with Crippen LogP contribution in [0.4, 0.5) is 4.79 Å². The average molecular weight is 274 g/mol. The molecule has 1 unspecified atom stereocenters. The van der Waals surface area contributed by atoms with Gasteiger partial charge in [0, 0.05) is 24.9 Å². The number of nitrogens with zero attached hydrogens (tertiary/aromatic N) is 1. The van der Waals surface area contributed by atoms with Crippen molar-refractivity contribution in [2.45, 2.75) is 32.2 Å². The summed E-state index contributed by atoms with van der Waals surface area (Å²) < 4.78 is 0. The summed E-state index contributed by atoms with van der Waals surface area (Å²) in [6.45, 7) is 3.03. The quantitative estimate of drug-likeness (QED) is 0.799. The van der Waals surface area contributed by atoms with Crippen LogP contribution >= 0.6 is 11.8 Å². The normalized spacial score (nSPS) is 21.4. The van der Waals surface area contributed by atoms with Crippen LogP contribution in [0.2, 0.25) is 0 Å². The highest BCUT2D eigenvalue weighted by Gasteiger charge is 2.28. The molecular weight excluding hydrogens is 252 g/mol. The maximum atomic E-state index is 12.0. The molecule has 0 aliphatic carbocycles. The van der Waals surface area contributed by atoms with E-state index >= 15 is 0 Å². The molecule has 6 heteroatoms. The van der Waals surface area contributed by atoms with Crippen LogP contribution in [0, 0.1) is 5.92 Å². The smallest absolute Gasteiger partial charge is 0.317 e. The van der Waals surface area contributed by atoms with E-state index in [-0.39, 0.29) is 12.1 Å². The van der Waals surface area contributed by atoms with Crippen molar-refractivity contribution in [3.63, 3.8) is 0 Å². The zero-order valence-corrected chi connectivity index (χ0v) is 11.8. The molecule has 0 aromatic rings. The minimum absolute atomic E-state index is 0.123. The van der Waals surface area contributed by atoms with Crippen LogP contribution in [0.25, 0.3) is 0 Å². The van der Waals surface area contributed by atoms with E-state index in [9.17, 15) is 9.59 Å². The minimum atomic E-state index is -0.802. The van der Waals surface area contributed by atoms with Gasteiger partial charge in [0.2, 0.25) is 0 Å². The van der Waals surface area contributed by atoms with Gasteiger partial charge in [0.25, 0.3) is 0 Å². The summed E-state index contributed by atoms with van der Waals surface area (Å²) in [5.74, 6) is -0.327. The Labute approximate surface area is 112 Å². The monoisotopic (exact) mass is 274 g/mol. The topological polar surface area (TPSA) is 69.6 Å². The maximum Gasteiger partial charge on any atom is 0.317 e. The van der Waals surface area contributed by atoms with Gasteiger partial charge < -0.3 is 15.3 Å². The van der Waals surface area contributed by atoms with Gasteiger partial charge in [0.15, 0.2) is 0 Å². The number of piperidine rings is 1. The van der Waals surface area contributed by atoms with Gasteiger partial charge in [-0.25, -0.2) is 4.79 Å². The molecule has 1 aliphatic heterocycles. The number of urea groups is 1. The highest BCUT2D eigenvalue weighted by molar-refractivity contribution is 7.98. The lowest BCUT2D eigenvalue weighted by molar-refractivity contribution is -0.143. The maximum absolute atomic E-state index is 12.0. The number of hydrogen-bond acceptors (Lipinski definition) is 3. The zero-order valence-electron chi connectivity index (χ0n) is 11.0. The second-order valence-electron chi connectivity index (χ2n) is 4.63. The lowest BCUT2D eigenvalue weighted by Gasteiger charge is -2.32. The van der Waals surface area contributed by atoms with E-state index in [1.807, 2.05) is 13.2 Å². The van der Waals surface area contributed by atoms with E-state index in [4.69, 9.17) is 5.11 Å². The molecule has 1 heterocycles. The van der Waals surface area contributed by atoms with Gasteiger partial charge in [0.05, 0.1) is 5.92 Å². The van der Waals surface area contributed by atoms with Gasteiger partial charge in [-0.3, -0.25) is 4.79 Å². The van der Waals surface area contributed by atoms with E-state index in [0.29, 0.717) is 19.5 Å². The lowest BCUT2D eigenvalue weighted by atomic mass is 9.99. The molecule has 2 N–H and O–H groups in total. The molecule has 18 heavy (non-hydrogen) atoms. The van der Waals surface area contributed by atoms with Crippen LogP contribution < -0.4 is 5.32 Å². The van der Waals surface area contributed by atoms with Gasteiger partial charge in [-0.15, -0.1) is 0 Å². The Hall–Kier alpha value is -0.910. The Bertz CT molecular complexity index is 299. The van der Waals surface area contributed by atoms with Gasteiger partial charge >= 0.3 is 12.0 Å². The first kappa shape index (κ1) is 15.1. The average Bonchev–Trinajstić information content (AvgIpc) is 2.38. The molecule has 0 bridgehead atoms. The third-order valence-electron chi connectivity index (χ3n) is 3.25. The third kappa shape index (κ3) is 4.40. The lowest BCUT2D eigenvalue weighted by Crippen LogP contribution is -2.50. The van der Waals surface area contributed by atoms with Gasteiger partial charge in [-0.05, 0) is 25.5 Å². The Morgan fingerprint density at radius 2 is 2.28 bits per heavy atom. The molecule has 5 nitrogen and oxygen atoms in total. The third-order valence-corrected chi connectivity index (χ3v) is 3.98. The van der Waals surface area contributed by atoms with E-state index < -0.39 is 11.9 Å². The second kappa shape index (κ2) is 7.51. The summed E-state index contributed by atoms with van der Waals surface area (Å²) in [6.07, 6.45) is 4.34. The highest BCUT2D eigenvalue weighted by atomic mass is 32.2. The number of carboxylic acid groups (broad SMARTS) is 1. The summed E-state index contributed by atoms with van der Waals surface area (Å²) >= 11 is 1.70. The first-order chi connectivity index (χ1) is 8.58. The van der Waals surface area contributed by atoms with Crippen molar-refractivity contribution in [2.75, 3.05) is 25.1 Å². The number of hydrogen-bond donors (Lipinski definition) is 2. The number of carbonyl (C=O) groups is 2. The standard InChI is InChI=1S/C12H22N2O3S/c1-3-10(8-18-2)13-12(17)14-6-4-5-9(7-14)11(15)16/h9-10H,3-8H2,1-2H3,(H,13,17)(H,15,16)/t9-,10?/m1/s1. The fourth-order valence-electron chi connectivity index (χ4n) is 2.09. The predicted octanol–water partition coefficient (Wildman–Crippen LogP) is 1.63. The van der Waals surface area contributed by atoms with Crippen molar-refractivity contribution in [3.05, 3.63) is 0 Å². The van der Waals surface area contributed by atoms with Crippen LogP contribution in [0.15, 0.2) is 0 Å². The predicted molar refractivity (Wildman–Crippen MR) is 72.9 cm³/mol. The SMILES string of the molecule is CCC(CSC)NC(=O)N1CCC[C@@H](C(=O)O)C1. The molecule has 1 saturated heterocycles. The highest BCUT2D eigenvalue weighted by Crippen LogP contribution is 2.16. The summed E-state index contributed by atoms with van der Waals surface area (Å²) in [4.78, 5) is 24.6. The molecule has 1 rings (SSSR count). The van der Waals surface area contributed by atoms with Crippen molar-refractivity contribution >= 4 is 23.8 Å². The zero-order chi connectivity index (χ0) is 13.5. The first-order valence-electron chi connectivity index (χ1n) is 6.35. The Morgan fingerprint density at radius 1 is 1.56 bits per heavy atom. The molecule has 0 spiro atoms. The van der Waals surface area contributed by atoms with Gasteiger partial charge in [-0.1, -0.05) is 6.92 Å².